The third kappa shape index (κ3) is 5.09. The Balaban J connectivity index is 1.63. The molecule has 1 N–H and O–H groups in total. The molecule has 3 aromatic carbocycles. The van der Waals surface area contributed by atoms with Crippen molar-refractivity contribution < 1.29 is 14.3 Å². The Morgan fingerprint density at radius 3 is 2.52 bits per heavy atom. The normalized spacial score (nSPS) is 14.0. The van der Waals surface area contributed by atoms with Crippen LogP contribution in [0, 0.1) is 3.57 Å². The average molecular weight is 499 g/mol. The van der Waals surface area contributed by atoms with Crippen molar-refractivity contribution in [1.29, 1.82) is 0 Å². The summed E-state index contributed by atoms with van der Waals surface area (Å²) in [6.45, 7) is 1.29. The topological polar surface area (TPSA) is 47.6 Å². The Hall–Kier alpha value is -2.54. The van der Waals surface area contributed by atoms with Crippen LogP contribution in [0.4, 0.5) is 0 Å². The first-order valence-electron chi connectivity index (χ1n) is 9.69. The maximum Gasteiger partial charge on any atom is 0.251 e. The van der Waals surface area contributed by atoms with Gasteiger partial charge in [0.15, 0.2) is 11.5 Å². The molecule has 1 amide bonds. The van der Waals surface area contributed by atoms with E-state index in [9.17, 15) is 4.79 Å². The van der Waals surface area contributed by atoms with E-state index >= 15 is 0 Å². The molecule has 0 aromatic heterocycles. The molecule has 1 aliphatic rings. The fourth-order valence-electron chi connectivity index (χ4n) is 3.37. The van der Waals surface area contributed by atoms with Crippen molar-refractivity contribution in [1.82, 2.24) is 5.32 Å². The lowest BCUT2D eigenvalue weighted by Gasteiger charge is -2.21. The molecule has 1 heterocycles. The predicted octanol–water partition coefficient (Wildman–Crippen LogP) is 5.17. The highest BCUT2D eigenvalue weighted by Crippen LogP contribution is 2.33. The van der Waals surface area contributed by atoms with Gasteiger partial charge in [0.2, 0.25) is 0 Å². The highest BCUT2D eigenvalue weighted by Gasteiger charge is 2.20. The molecular weight excluding hydrogens is 477 g/mol. The Labute approximate surface area is 184 Å². The second kappa shape index (κ2) is 9.31. The van der Waals surface area contributed by atoms with Gasteiger partial charge in [0.05, 0.1) is 19.3 Å². The van der Waals surface area contributed by atoms with Crippen LogP contribution in [0.3, 0.4) is 0 Å². The average Bonchev–Trinajstić information content (AvgIpc) is 2.99. The Bertz CT molecular complexity index is 990. The summed E-state index contributed by atoms with van der Waals surface area (Å²) in [4.78, 5) is 12.9. The zero-order valence-electron chi connectivity index (χ0n) is 15.9. The van der Waals surface area contributed by atoms with Crippen molar-refractivity contribution in [2.24, 2.45) is 0 Å². The summed E-state index contributed by atoms with van der Waals surface area (Å²) in [5, 5.41) is 3.21. The van der Waals surface area contributed by atoms with Crippen LogP contribution in [-0.4, -0.2) is 19.1 Å². The third-order valence-corrected chi connectivity index (χ3v) is 5.52. The lowest BCUT2D eigenvalue weighted by molar-refractivity contribution is 0.0936. The fourth-order valence-corrected chi connectivity index (χ4v) is 3.91. The Kier molecular flexibility index (Phi) is 6.34. The predicted molar refractivity (Wildman–Crippen MR) is 122 cm³/mol. The van der Waals surface area contributed by atoms with Crippen molar-refractivity contribution in [2.75, 3.05) is 13.2 Å². The molecule has 1 aliphatic heterocycles. The molecule has 1 unspecified atom stereocenters. The van der Waals surface area contributed by atoms with Crippen LogP contribution >= 0.6 is 22.6 Å². The highest BCUT2D eigenvalue weighted by atomic mass is 127. The number of benzene rings is 3. The maximum atomic E-state index is 12.9. The van der Waals surface area contributed by atoms with Gasteiger partial charge in [-0.3, -0.25) is 4.79 Å². The van der Waals surface area contributed by atoms with E-state index in [2.05, 4.69) is 40.0 Å². The minimum absolute atomic E-state index is 0.0865. The van der Waals surface area contributed by atoms with E-state index in [1.165, 1.54) is 0 Å². The minimum Gasteiger partial charge on any atom is -0.490 e. The molecule has 0 fully saturated rings. The maximum absolute atomic E-state index is 12.9. The first-order valence-corrected chi connectivity index (χ1v) is 10.8. The third-order valence-electron chi connectivity index (χ3n) is 4.85. The highest BCUT2D eigenvalue weighted by molar-refractivity contribution is 14.1. The van der Waals surface area contributed by atoms with E-state index in [-0.39, 0.29) is 11.9 Å². The van der Waals surface area contributed by atoms with Gasteiger partial charge in [-0.1, -0.05) is 42.5 Å². The van der Waals surface area contributed by atoms with Gasteiger partial charge in [0.1, 0.15) is 0 Å². The number of hydrogen-bond acceptors (Lipinski definition) is 3. The monoisotopic (exact) mass is 499 g/mol. The van der Waals surface area contributed by atoms with Crippen molar-refractivity contribution >= 4 is 28.5 Å². The summed E-state index contributed by atoms with van der Waals surface area (Å²) in [6.07, 6.45) is 1.55. The summed E-state index contributed by atoms with van der Waals surface area (Å²) in [5.41, 5.74) is 2.81. The molecule has 4 rings (SSSR count). The first kappa shape index (κ1) is 19.8. The molecule has 5 heteroatoms. The number of carbonyl (C=O) groups is 1. The van der Waals surface area contributed by atoms with E-state index in [1.807, 2.05) is 60.7 Å². The molecule has 0 spiro atoms. The van der Waals surface area contributed by atoms with E-state index in [4.69, 9.17) is 9.47 Å². The van der Waals surface area contributed by atoms with Crippen LogP contribution < -0.4 is 14.8 Å². The van der Waals surface area contributed by atoms with Crippen LogP contribution in [0.2, 0.25) is 0 Å². The summed E-state index contributed by atoms with van der Waals surface area (Å²) in [7, 11) is 0. The van der Waals surface area contributed by atoms with E-state index in [0.29, 0.717) is 25.2 Å². The molecule has 0 bridgehead atoms. The molecule has 4 nitrogen and oxygen atoms in total. The van der Waals surface area contributed by atoms with Crippen LogP contribution in [0.15, 0.2) is 72.8 Å². The zero-order valence-corrected chi connectivity index (χ0v) is 18.1. The summed E-state index contributed by atoms with van der Waals surface area (Å²) in [5.74, 6) is 1.41. The fraction of sp³-hybridized carbons (Fsp3) is 0.208. The summed E-state index contributed by atoms with van der Waals surface area (Å²) < 4.78 is 12.6. The van der Waals surface area contributed by atoms with Gasteiger partial charge in [-0.15, -0.1) is 0 Å². The first-order chi connectivity index (χ1) is 14.2. The number of carbonyl (C=O) groups excluding carboxylic acids is 1. The van der Waals surface area contributed by atoms with E-state index in [1.54, 1.807) is 0 Å². The number of nitrogens with one attached hydrogen (secondary N) is 1. The van der Waals surface area contributed by atoms with Crippen molar-refractivity contribution in [3.63, 3.8) is 0 Å². The molecule has 148 valence electrons. The number of halogens is 1. The zero-order chi connectivity index (χ0) is 20.1. The van der Waals surface area contributed by atoms with Crippen molar-refractivity contribution in [2.45, 2.75) is 18.9 Å². The number of fused-ring (bicyclic) bond motifs is 1. The number of amides is 1. The number of ether oxygens (including phenoxy) is 2. The van der Waals surface area contributed by atoms with Crippen molar-refractivity contribution in [3.05, 3.63) is 93.1 Å². The summed E-state index contributed by atoms with van der Waals surface area (Å²) in [6, 6.07) is 23.5. The van der Waals surface area contributed by atoms with Crippen LogP contribution in [0.25, 0.3) is 0 Å². The van der Waals surface area contributed by atoms with Crippen molar-refractivity contribution in [3.8, 4) is 11.5 Å². The molecule has 0 aliphatic carbocycles. The Morgan fingerprint density at radius 2 is 1.72 bits per heavy atom. The summed E-state index contributed by atoms with van der Waals surface area (Å²) >= 11 is 2.22. The standard InChI is InChI=1S/C24H22INO3/c25-20-9-4-8-19(15-20)24(27)26-21(14-17-6-2-1-3-7-17)18-10-11-22-23(16-18)29-13-5-12-28-22/h1-4,6-11,15-16,21H,5,12-14H2,(H,26,27). The largest absolute Gasteiger partial charge is 0.490 e. The smallest absolute Gasteiger partial charge is 0.251 e. The van der Waals surface area contributed by atoms with Gasteiger partial charge < -0.3 is 14.8 Å². The van der Waals surface area contributed by atoms with E-state index in [0.717, 1.165) is 32.6 Å². The quantitative estimate of drug-likeness (QED) is 0.493. The second-order valence-electron chi connectivity index (χ2n) is 6.98. The van der Waals surface area contributed by atoms with Gasteiger partial charge in [-0.05, 0) is 70.5 Å². The molecule has 0 radical (unpaired) electrons. The molecule has 0 saturated carbocycles. The molecule has 3 aromatic rings. The number of hydrogen-bond donors (Lipinski definition) is 1. The number of rotatable bonds is 5. The SMILES string of the molecule is O=C(NC(Cc1ccccc1)c1ccc2c(c1)OCCCO2)c1cccc(I)c1. The lowest BCUT2D eigenvalue weighted by atomic mass is 9.98. The lowest BCUT2D eigenvalue weighted by Crippen LogP contribution is -2.30. The molecule has 0 saturated heterocycles. The second-order valence-corrected chi connectivity index (χ2v) is 8.23. The van der Waals surface area contributed by atoms with Crippen LogP contribution in [0.1, 0.15) is 33.9 Å². The van der Waals surface area contributed by atoms with E-state index < -0.39 is 0 Å². The van der Waals surface area contributed by atoms with Gasteiger partial charge >= 0.3 is 0 Å². The molecule has 1 atom stereocenters. The molecule has 29 heavy (non-hydrogen) atoms. The van der Waals surface area contributed by atoms with Gasteiger partial charge in [-0.25, -0.2) is 0 Å². The van der Waals surface area contributed by atoms with Crippen LogP contribution in [-0.2, 0) is 6.42 Å². The van der Waals surface area contributed by atoms with Gasteiger partial charge in [-0.2, -0.15) is 0 Å². The Morgan fingerprint density at radius 1 is 0.931 bits per heavy atom. The van der Waals surface area contributed by atoms with Gasteiger partial charge in [0.25, 0.3) is 5.91 Å². The van der Waals surface area contributed by atoms with Gasteiger partial charge in [0, 0.05) is 15.6 Å². The minimum atomic E-state index is -0.181. The van der Waals surface area contributed by atoms with Crippen LogP contribution in [0.5, 0.6) is 11.5 Å². The molecular formula is C24H22INO3.